The highest BCUT2D eigenvalue weighted by Gasteiger charge is 2.23. The lowest BCUT2D eigenvalue weighted by Gasteiger charge is -2.29. The third kappa shape index (κ3) is 4.50. The van der Waals surface area contributed by atoms with Crippen LogP contribution < -0.4 is 10.1 Å². The number of methoxy groups -OCH3 is 1. The molecule has 0 saturated heterocycles. The van der Waals surface area contributed by atoms with Crippen LogP contribution in [0.5, 0.6) is 5.75 Å². The van der Waals surface area contributed by atoms with E-state index in [1.807, 2.05) is 6.07 Å². The normalized spacial score (nSPS) is 14.1. The predicted molar refractivity (Wildman–Crippen MR) is 84.5 cm³/mol. The van der Waals surface area contributed by atoms with Crippen molar-refractivity contribution in [2.45, 2.75) is 52.7 Å². The van der Waals surface area contributed by atoms with Crippen LogP contribution in [0.1, 0.15) is 50.8 Å². The quantitative estimate of drug-likeness (QED) is 0.744. The molecule has 0 radical (unpaired) electrons. The van der Waals surface area contributed by atoms with Gasteiger partial charge in [-0.25, -0.2) is 0 Å². The molecule has 2 atom stereocenters. The molecule has 0 heterocycles. The molecule has 0 aliphatic carbocycles. The van der Waals surface area contributed by atoms with Crippen LogP contribution in [-0.4, -0.2) is 26.4 Å². The molecule has 1 aromatic rings. The predicted octanol–water partition coefficient (Wildman–Crippen LogP) is 3.86. The lowest BCUT2D eigenvalue weighted by molar-refractivity contribution is 0.0312. The van der Waals surface area contributed by atoms with E-state index in [-0.39, 0.29) is 12.1 Å². The van der Waals surface area contributed by atoms with Gasteiger partial charge in [-0.05, 0) is 56.5 Å². The lowest BCUT2D eigenvalue weighted by atomic mass is 9.95. The molecule has 0 bridgehead atoms. The highest BCUT2D eigenvalue weighted by molar-refractivity contribution is 5.37. The molecule has 0 saturated carbocycles. The standard InChI is InChI=1S/C17H29NO2/c1-6-11-18-17(16(7-2)20-8-3)15-10-9-14(19-5)12-13(15)4/h9-10,12,16-18H,6-8,11H2,1-5H3. The van der Waals surface area contributed by atoms with Gasteiger partial charge in [-0.2, -0.15) is 0 Å². The molecule has 1 rings (SSSR count). The summed E-state index contributed by atoms with van der Waals surface area (Å²) in [5.74, 6) is 0.907. The Balaban J connectivity index is 3.02. The summed E-state index contributed by atoms with van der Waals surface area (Å²) in [4.78, 5) is 0. The first-order valence-electron chi connectivity index (χ1n) is 7.67. The van der Waals surface area contributed by atoms with Gasteiger partial charge in [0.2, 0.25) is 0 Å². The zero-order chi connectivity index (χ0) is 15.0. The number of hydrogen-bond donors (Lipinski definition) is 1. The third-order valence-electron chi connectivity index (χ3n) is 3.58. The Labute approximate surface area is 123 Å². The molecular weight excluding hydrogens is 250 g/mol. The average molecular weight is 279 g/mol. The van der Waals surface area contributed by atoms with E-state index < -0.39 is 0 Å². The minimum Gasteiger partial charge on any atom is -0.497 e. The van der Waals surface area contributed by atoms with Gasteiger partial charge < -0.3 is 14.8 Å². The molecule has 3 heteroatoms. The second-order valence-electron chi connectivity index (χ2n) is 5.06. The molecule has 20 heavy (non-hydrogen) atoms. The van der Waals surface area contributed by atoms with E-state index in [2.05, 4.69) is 45.1 Å². The van der Waals surface area contributed by atoms with Crippen LogP contribution in [0.3, 0.4) is 0 Å². The minimum absolute atomic E-state index is 0.207. The number of nitrogens with one attached hydrogen (secondary N) is 1. The fraction of sp³-hybridized carbons (Fsp3) is 0.647. The zero-order valence-corrected chi connectivity index (χ0v) is 13.5. The third-order valence-corrected chi connectivity index (χ3v) is 3.58. The molecule has 0 fully saturated rings. The monoisotopic (exact) mass is 279 g/mol. The van der Waals surface area contributed by atoms with Crippen molar-refractivity contribution in [2.24, 2.45) is 0 Å². The van der Waals surface area contributed by atoms with Crippen molar-refractivity contribution < 1.29 is 9.47 Å². The molecule has 0 aliphatic rings. The maximum absolute atomic E-state index is 5.92. The van der Waals surface area contributed by atoms with Gasteiger partial charge in [0.1, 0.15) is 5.75 Å². The molecular formula is C17H29NO2. The Hall–Kier alpha value is -1.06. The van der Waals surface area contributed by atoms with E-state index in [4.69, 9.17) is 9.47 Å². The largest absolute Gasteiger partial charge is 0.497 e. The molecule has 114 valence electrons. The first-order chi connectivity index (χ1) is 9.67. The van der Waals surface area contributed by atoms with Crippen LogP contribution in [0.2, 0.25) is 0 Å². The van der Waals surface area contributed by atoms with Gasteiger partial charge in [0.05, 0.1) is 19.3 Å². The summed E-state index contributed by atoms with van der Waals surface area (Å²) in [5.41, 5.74) is 2.55. The van der Waals surface area contributed by atoms with Crippen molar-refractivity contribution in [1.29, 1.82) is 0 Å². The van der Waals surface area contributed by atoms with E-state index in [9.17, 15) is 0 Å². The summed E-state index contributed by atoms with van der Waals surface area (Å²) >= 11 is 0. The molecule has 1 N–H and O–H groups in total. The van der Waals surface area contributed by atoms with Crippen LogP contribution in [-0.2, 0) is 4.74 Å². The van der Waals surface area contributed by atoms with Crippen LogP contribution in [0.4, 0.5) is 0 Å². The molecule has 3 nitrogen and oxygen atoms in total. The first-order valence-corrected chi connectivity index (χ1v) is 7.67. The smallest absolute Gasteiger partial charge is 0.119 e. The molecule has 1 aromatic carbocycles. The van der Waals surface area contributed by atoms with E-state index in [1.165, 1.54) is 11.1 Å². The van der Waals surface area contributed by atoms with Gasteiger partial charge in [0.15, 0.2) is 0 Å². The SMILES string of the molecule is CCCNC(c1ccc(OC)cc1C)C(CC)OCC. The maximum Gasteiger partial charge on any atom is 0.119 e. The van der Waals surface area contributed by atoms with Crippen molar-refractivity contribution in [2.75, 3.05) is 20.3 Å². The molecule has 2 unspecified atom stereocenters. The van der Waals surface area contributed by atoms with Crippen molar-refractivity contribution in [3.8, 4) is 5.75 Å². The van der Waals surface area contributed by atoms with Crippen molar-refractivity contribution in [3.63, 3.8) is 0 Å². The second kappa shape index (κ2) is 8.98. The summed E-state index contributed by atoms with van der Waals surface area (Å²) < 4.78 is 11.2. The van der Waals surface area contributed by atoms with Crippen molar-refractivity contribution >= 4 is 0 Å². The average Bonchev–Trinajstić information content (AvgIpc) is 2.47. The van der Waals surface area contributed by atoms with Gasteiger partial charge in [0, 0.05) is 6.61 Å². The van der Waals surface area contributed by atoms with Crippen LogP contribution in [0.15, 0.2) is 18.2 Å². The Bertz CT molecular complexity index is 393. The number of benzene rings is 1. The van der Waals surface area contributed by atoms with E-state index in [1.54, 1.807) is 7.11 Å². The second-order valence-corrected chi connectivity index (χ2v) is 5.06. The Kier molecular flexibility index (Phi) is 7.63. The van der Waals surface area contributed by atoms with Crippen LogP contribution in [0.25, 0.3) is 0 Å². The fourth-order valence-electron chi connectivity index (χ4n) is 2.53. The van der Waals surface area contributed by atoms with Gasteiger partial charge in [0.25, 0.3) is 0 Å². The van der Waals surface area contributed by atoms with Crippen LogP contribution >= 0.6 is 0 Å². The molecule has 0 aromatic heterocycles. The van der Waals surface area contributed by atoms with Gasteiger partial charge >= 0.3 is 0 Å². The van der Waals surface area contributed by atoms with E-state index in [0.29, 0.717) is 0 Å². The van der Waals surface area contributed by atoms with Gasteiger partial charge in [-0.1, -0.05) is 19.9 Å². The van der Waals surface area contributed by atoms with E-state index >= 15 is 0 Å². The zero-order valence-electron chi connectivity index (χ0n) is 13.5. The van der Waals surface area contributed by atoms with Gasteiger partial charge in [-0.3, -0.25) is 0 Å². The summed E-state index contributed by atoms with van der Waals surface area (Å²) in [6.45, 7) is 10.3. The Morgan fingerprint density at radius 2 is 1.95 bits per heavy atom. The number of aryl methyl sites for hydroxylation is 1. The first kappa shape index (κ1) is 17.0. The molecule has 0 spiro atoms. The van der Waals surface area contributed by atoms with Crippen molar-refractivity contribution in [3.05, 3.63) is 29.3 Å². The van der Waals surface area contributed by atoms with E-state index in [0.717, 1.165) is 31.7 Å². The number of ether oxygens (including phenoxy) is 2. The lowest BCUT2D eigenvalue weighted by Crippen LogP contribution is -2.34. The summed E-state index contributed by atoms with van der Waals surface area (Å²) in [6, 6.07) is 6.52. The number of rotatable bonds is 9. The summed E-state index contributed by atoms with van der Waals surface area (Å²) in [7, 11) is 1.70. The molecule has 0 amide bonds. The summed E-state index contributed by atoms with van der Waals surface area (Å²) in [5, 5.41) is 3.63. The minimum atomic E-state index is 0.207. The van der Waals surface area contributed by atoms with Crippen LogP contribution in [0, 0.1) is 6.92 Å². The fourth-order valence-corrected chi connectivity index (χ4v) is 2.53. The maximum atomic E-state index is 5.92. The Morgan fingerprint density at radius 1 is 1.20 bits per heavy atom. The molecule has 0 aliphatic heterocycles. The van der Waals surface area contributed by atoms with Gasteiger partial charge in [-0.15, -0.1) is 0 Å². The topological polar surface area (TPSA) is 30.5 Å². The van der Waals surface area contributed by atoms with Crippen molar-refractivity contribution in [1.82, 2.24) is 5.32 Å². The highest BCUT2D eigenvalue weighted by atomic mass is 16.5. The Morgan fingerprint density at radius 3 is 2.45 bits per heavy atom. The number of hydrogen-bond acceptors (Lipinski definition) is 3. The summed E-state index contributed by atoms with van der Waals surface area (Å²) in [6.07, 6.45) is 2.33. The highest BCUT2D eigenvalue weighted by Crippen LogP contribution is 2.27.